The molecule has 6 aliphatic carbocycles. The lowest BCUT2D eigenvalue weighted by atomic mass is 9.91. The Morgan fingerprint density at radius 2 is 1.02 bits per heavy atom. The van der Waals surface area contributed by atoms with Crippen molar-refractivity contribution in [2.75, 3.05) is 27.2 Å². The van der Waals surface area contributed by atoms with Crippen LogP contribution in [-0.2, 0) is 20.4 Å². The maximum atomic E-state index is 13.6. The van der Waals surface area contributed by atoms with E-state index in [4.69, 9.17) is 19.4 Å². The number of aryl methyl sites for hydroxylation is 2. The summed E-state index contributed by atoms with van der Waals surface area (Å²) in [5.74, 6) is 4.12. The zero-order valence-corrected chi connectivity index (χ0v) is 35.3. The average Bonchev–Trinajstić information content (AvgIpc) is 3.92. The van der Waals surface area contributed by atoms with Gasteiger partial charge in [-0.15, -0.1) is 0 Å². The molecular weight excluding hydrogens is 801 g/mol. The summed E-state index contributed by atoms with van der Waals surface area (Å²) < 4.78 is 10.9. The fraction of sp³-hybridized carbons (Fsp3) is 0.489. The lowest BCUT2D eigenvalue weighted by Gasteiger charge is -2.37. The molecule has 4 N–H and O–H groups in total. The Morgan fingerprint density at radius 1 is 0.571 bits per heavy atom. The van der Waals surface area contributed by atoms with Crippen LogP contribution in [0.4, 0.5) is 34.9 Å². The summed E-state index contributed by atoms with van der Waals surface area (Å²) in [6, 6.07) is 7.77. The van der Waals surface area contributed by atoms with Crippen molar-refractivity contribution in [2.24, 2.45) is 0 Å². The summed E-state index contributed by atoms with van der Waals surface area (Å²) in [7, 11) is 0. The van der Waals surface area contributed by atoms with Crippen molar-refractivity contribution in [1.82, 2.24) is 29.9 Å². The number of benzene rings is 2. The normalized spacial score (nSPS) is 30.0. The Hall–Kier alpha value is -6.00. The van der Waals surface area contributed by atoms with Gasteiger partial charge in [0.2, 0.25) is 30.5 Å². The Labute approximate surface area is 362 Å². The van der Waals surface area contributed by atoms with Crippen LogP contribution in [0.15, 0.2) is 49.1 Å². The molecule has 4 bridgehead atoms. The van der Waals surface area contributed by atoms with Crippen molar-refractivity contribution in [1.29, 1.82) is 0 Å². The van der Waals surface area contributed by atoms with Gasteiger partial charge in [0.15, 0.2) is 11.5 Å². The second-order valence-corrected chi connectivity index (χ2v) is 20.0. The smallest absolute Gasteiger partial charge is 0.239 e. The standard InChI is InChI=1S/C24H24N6O2.C23H24N4O4/c1-14-10-17-18(26-9-8-25-17)11-16(14)28-21-27-12-15-19(29-21)30(20(31)24(15)6-7-24)22-2-4-23(32,13-22)5-3-22;1-13-8-16-17(31-12-30-16)9-15(13)25-20-24-10-14-18(26-20)27(19(28)23(14)6-7-23)21-2-4-22(29,11-21)5-3-21/h8-12,32H,2-7,13H2,1H3,(H,27,28,29);8-10,29H,2-7,11-12H2,1H3,(H,24,25,26). The number of carbonyl (C=O) groups excluding carboxylic acids is 2. The number of ether oxygens (including phenoxy) is 2. The molecule has 6 saturated carbocycles. The molecule has 9 aliphatic rings. The van der Waals surface area contributed by atoms with Gasteiger partial charge >= 0.3 is 0 Å². The van der Waals surface area contributed by atoms with Gasteiger partial charge in [-0.1, -0.05) is 0 Å². The quantitative estimate of drug-likeness (QED) is 0.147. The van der Waals surface area contributed by atoms with Crippen LogP contribution < -0.4 is 29.9 Å². The van der Waals surface area contributed by atoms with E-state index in [-0.39, 0.29) is 29.7 Å². The van der Waals surface area contributed by atoms with Crippen LogP contribution >= 0.6 is 0 Å². The van der Waals surface area contributed by atoms with Crippen LogP contribution in [-0.4, -0.2) is 81.0 Å². The van der Waals surface area contributed by atoms with Crippen molar-refractivity contribution in [2.45, 2.75) is 137 Å². The predicted molar refractivity (Wildman–Crippen MR) is 231 cm³/mol. The minimum absolute atomic E-state index is 0.152. The highest BCUT2D eigenvalue weighted by Crippen LogP contribution is 2.65. The van der Waals surface area contributed by atoms with Gasteiger partial charge < -0.3 is 30.3 Å². The number of rotatable bonds is 6. The number of carbonyl (C=O) groups is 2. The molecule has 63 heavy (non-hydrogen) atoms. The molecule has 6 fully saturated rings. The predicted octanol–water partition coefficient (Wildman–Crippen LogP) is 6.38. The Morgan fingerprint density at radius 3 is 1.48 bits per heavy atom. The Bertz CT molecular complexity index is 2840. The highest BCUT2D eigenvalue weighted by molar-refractivity contribution is 6.11. The average molecular weight is 849 g/mol. The summed E-state index contributed by atoms with van der Waals surface area (Å²) in [6.07, 6.45) is 18.1. The highest BCUT2D eigenvalue weighted by atomic mass is 16.7. The van der Waals surface area contributed by atoms with Crippen LogP contribution in [0.2, 0.25) is 0 Å². The van der Waals surface area contributed by atoms with Crippen molar-refractivity contribution in [3.63, 3.8) is 0 Å². The summed E-state index contributed by atoms with van der Waals surface area (Å²) in [5.41, 5.74) is 4.49. The van der Waals surface area contributed by atoms with E-state index in [1.165, 1.54) is 0 Å². The Kier molecular flexibility index (Phi) is 7.37. The van der Waals surface area contributed by atoms with Gasteiger partial charge in [-0.3, -0.25) is 29.4 Å². The van der Waals surface area contributed by atoms with Gasteiger partial charge in [0, 0.05) is 53.4 Å². The van der Waals surface area contributed by atoms with Gasteiger partial charge in [0.25, 0.3) is 0 Å². The molecule has 3 aliphatic heterocycles. The third kappa shape index (κ3) is 5.33. The van der Waals surface area contributed by atoms with Gasteiger partial charge in [-0.25, -0.2) is 9.97 Å². The molecule has 16 heteroatoms. The number of hydrogen-bond acceptors (Lipinski definition) is 14. The number of nitrogens with zero attached hydrogens (tertiary/aromatic N) is 8. The first kappa shape index (κ1) is 37.5. The van der Waals surface area contributed by atoms with Crippen LogP contribution in [0.5, 0.6) is 11.5 Å². The number of aromatic nitrogens is 6. The van der Waals surface area contributed by atoms with Crippen LogP contribution in [0.3, 0.4) is 0 Å². The molecule has 0 saturated heterocycles. The van der Waals surface area contributed by atoms with Gasteiger partial charge in [0.1, 0.15) is 11.6 Å². The SMILES string of the molecule is Cc1cc2c(cc1Nc1ncc3c(n1)N(C14CCC(O)(CC1)C4)C(=O)C31CC1)OCO2.Cc1cc2nccnc2cc1Nc1ncc2c(n1)N(C13CCC(O)(CC1)C3)C(=O)C21CC1. The monoisotopic (exact) mass is 848 g/mol. The first-order valence-corrected chi connectivity index (χ1v) is 22.4. The van der Waals surface area contributed by atoms with E-state index >= 15 is 0 Å². The fourth-order valence-electron chi connectivity index (χ4n) is 12.4. The minimum atomic E-state index is -0.628. The highest BCUT2D eigenvalue weighted by Gasteiger charge is 2.69. The van der Waals surface area contributed by atoms with E-state index in [1.807, 2.05) is 60.3 Å². The maximum absolute atomic E-state index is 13.6. The largest absolute Gasteiger partial charge is 0.454 e. The molecule has 2 spiro atoms. The zero-order valence-electron chi connectivity index (χ0n) is 35.3. The van der Waals surface area contributed by atoms with Crippen LogP contribution in [0.25, 0.3) is 11.0 Å². The number of hydrogen-bond donors (Lipinski definition) is 4. The van der Waals surface area contributed by atoms with Gasteiger partial charge in [0.05, 0.1) is 44.1 Å². The second-order valence-electron chi connectivity index (χ2n) is 20.0. The molecule has 0 unspecified atom stereocenters. The molecule has 0 atom stereocenters. The number of fused-ring (bicyclic) bond motifs is 10. The minimum Gasteiger partial charge on any atom is -0.454 e. The van der Waals surface area contributed by atoms with Crippen molar-refractivity contribution in [3.8, 4) is 11.5 Å². The van der Waals surface area contributed by atoms with Crippen molar-refractivity contribution in [3.05, 3.63) is 71.3 Å². The summed E-state index contributed by atoms with van der Waals surface area (Å²) in [6.45, 7) is 4.22. The molecule has 5 aromatic rings. The number of anilines is 6. The molecule has 2 aromatic carbocycles. The van der Waals surface area contributed by atoms with Gasteiger partial charge in [-0.2, -0.15) is 9.97 Å². The third-order valence-corrected chi connectivity index (χ3v) is 16.2. The fourth-order valence-corrected chi connectivity index (χ4v) is 12.4. The summed E-state index contributed by atoms with van der Waals surface area (Å²) in [5, 5.41) is 28.3. The number of aliphatic hydroxyl groups is 2. The maximum Gasteiger partial charge on any atom is 0.239 e. The molecule has 322 valence electrons. The lowest BCUT2D eigenvalue weighted by Crippen LogP contribution is -2.49. The van der Waals surface area contributed by atoms with Crippen molar-refractivity contribution >= 4 is 57.8 Å². The van der Waals surface area contributed by atoms with E-state index in [1.54, 1.807) is 12.4 Å². The molecular formula is C47H48N10O6. The number of nitrogens with one attached hydrogen (secondary N) is 2. The Balaban J connectivity index is 0.000000128. The van der Waals surface area contributed by atoms with E-state index in [0.717, 1.165) is 139 Å². The molecule has 0 radical (unpaired) electrons. The van der Waals surface area contributed by atoms with Crippen molar-refractivity contribution < 1.29 is 29.3 Å². The first-order chi connectivity index (χ1) is 30.3. The lowest BCUT2D eigenvalue weighted by molar-refractivity contribution is -0.122. The van der Waals surface area contributed by atoms with E-state index in [9.17, 15) is 19.8 Å². The van der Waals surface area contributed by atoms with E-state index < -0.39 is 22.0 Å². The molecule has 3 aromatic heterocycles. The summed E-state index contributed by atoms with van der Waals surface area (Å²) in [4.78, 5) is 58.8. The second kappa shape index (κ2) is 12.4. The zero-order chi connectivity index (χ0) is 42.7. The van der Waals surface area contributed by atoms with E-state index in [2.05, 4.69) is 30.6 Å². The molecule has 14 rings (SSSR count). The third-order valence-electron chi connectivity index (χ3n) is 16.2. The molecule has 16 nitrogen and oxygen atoms in total. The molecule has 2 amide bonds. The number of amides is 2. The first-order valence-electron chi connectivity index (χ1n) is 22.4. The topological polar surface area (TPSA) is 201 Å². The molecule has 6 heterocycles. The van der Waals surface area contributed by atoms with Gasteiger partial charge in [-0.05, 0) is 133 Å². The van der Waals surface area contributed by atoms with E-state index in [0.29, 0.717) is 30.5 Å². The van der Waals surface area contributed by atoms with Crippen LogP contribution in [0, 0.1) is 13.8 Å². The summed E-state index contributed by atoms with van der Waals surface area (Å²) >= 11 is 0. The van der Waals surface area contributed by atoms with Crippen LogP contribution in [0.1, 0.15) is 112 Å².